The summed E-state index contributed by atoms with van der Waals surface area (Å²) in [5.74, 6) is -0.0522. The van der Waals surface area contributed by atoms with E-state index in [9.17, 15) is 9.59 Å². The topological polar surface area (TPSA) is 75.1 Å². The lowest BCUT2D eigenvalue weighted by molar-refractivity contribution is -0.124. The Balaban J connectivity index is 1.56. The number of aromatic amines is 1. The zero-order valence-corrected chi connectivity index (χ0v) is 11.3. The van der Waals surface area contributed by atoms with Gasteiger partial charge in [-0.2, -0.15) is 0 Å². The Bertz CT molecular complexity index is 665. The molecule has 1 aliphatic carbocycles. The second kappa shape index (κ2) is 5.53. The average Bonchev–Trinajstić information content (AvgIpc) is 3.05. The fourth-order valence-electron chi connectivity index (χ4n) is 2.81. The second-order valence-electron chi connectivity index (χ2n) is 5.37. The first-order valence-electron chi connectivity index (χ1n) is 7.12. The van der Waals surface area contributed by atoms with Crippen molar-refractivity contribution in [3.63, 3.8) is 0 Å². The van der Waals surface area contributed by atoms with E-state index in [0.717, 1.165) is 24.8 Å². The van der Waals surface area contributed by atoms with Crippen molar-refractivity contribution in [2.24, 2.45) is 5.92 Å². The number of aromatic nitrogens is 1. The number of hydrogen-bond acceptors (Lipinski definition) is 3. The Kier molecular flexibility index (Phi) is 3.58. The fraction of sp³-hybridized carbons (Fsp3) is 0.467. The van der Waals surface area contributed by atoms with E-state index in [1.807, 2.05) is 18.2 Å². The normalized spacial score (nSPS) is 15.8. The molecule has 0 spiro atoms. The molecule has 5 heteroatoms. The molecule has 1 amide bonds. The van der Waals surface area contributed by atoms with Gasteiger partial charge in [0.25, 0.3) is 0 Å². The highest BCUT2D eigenvalue weighted by atomic mass is 16.4. The molecule has 2 aromatic rings. The molecule has 5 nitrogen and oxygen atoms in total. The van der Waals surface area contributed by atoms with Crippen molar-refractivity contribution in [2.75, 3.05) is 6.54 Å². The molecule has 1 saturated carbocycles. The summed E-state index contributed by atoms with van der Waals surface area (Å²) in [6, 6.07) is 5.61. The summed E-state index contributed by atoms with van der Waals surface area (Å²) in [6.45, 7) is 0.621. The molecule has 20 heavy (non-hydrogen) atoms. The average molecular weight is 274 g/mol. The molecule has 1 aromatic heterocycles. The molecular weight excluding hydrogens is 256 g/mol. The third kappa shape index (κ3) is 2.76. The Hall–Kier alpha value is -2.04. The van der Waals surface area contributed by atoms with Crippen molar-refractivity contribution < 1.29 is 9.21 Å². The van der Waals surface area contributed by atoms with Gasteiger partial charge in [0, 0.05) is 12.5 Å². The lowest BCUT2D eigenvalue weighted by atomic mass is 10.1. The van der Waals surface area contributed by atoms with Gasteiger partial charge in [-0.15, -0.1) is 0 Å². The van der Waals surface area contributed by atoms with Gasteiger partial charge in [-0.1, -0.05) is 18.9 Å². The predicted molar refractivity (Wildman–Crippen MR) is 75.5 cm³/mol. The highest BCUT2D eigenvalue weighted by Crippen LogP contribution is 2.24. The van der Waals surface area contributed by atoms with Crippen molar-refractivity contribution in [3.8, 4) is 0 Å². The molecule has 3 rings (SSSR count). The molecule has 106 valence electrons. The number of nitrogens with one attached hydrogen (secondary N) is 2. The highest BCUT2D eigenvalue weighted by molar-refractivity contribution is 5.78. The summed E-state index contributed by atoms with van der Waals surface area (Å²) in [6.07, 6.45) is 5.12. The standard InChI is InChI=1S/C15H18N2O3/c18-14(11-3-1-2-4-11)16-8-7-10-5-6-12-13(9-10)20-15(19)17-12/h5-6,9,11H,1-4,7-8H2,(H,16,18)(H,17,19). The molecule has 0 bridgehead atoms. The summed E-state index contributed by atoms with van der Waals surface area (Å²) in [5, 5.41) is 2.99. The number of fused-ring (bicyclic) bond motifs is 1. The summed E-state index contributed by atoms with van der Waals surface area (Å²) in [7, 11) is 0. The van der Waals surface area contributed by atoms with Gasteiger partial charge in [0.2, 0.25) is 5.91 Å². The van der Waals surface area contributed by atoms with Gasteiger partial charge in [0.05, 0.1) is 5.52 Å². The van der Waals surface area contributed by atoms with E-state index in [1.54, 1.807) is 0 Å². The molecule has 0 saturated heterocycles. The van der Waals surface area contributed by atoms with Crippen LogP contribution in [0.1, 0.15) is 31.2 Å². The van der Waals surface area contributed by atoms with E-state index in [1.165, 1.54) is 12.8 Å². The first-order chi connectivity index (χ1) is 9.72. The maximum Gasteiger partial charge on any atom is 0.417 e. The monoisotopic (exact) mass is 274 g/mol. The van der Waals surface area contributed by atoms with E-state index in [0.29, 0.717) is 17.6 Å². The fourth-order valence-corrected chi connectivity index (χ4v) is 2.81. The maximum absolute atomic E-state index is 11.9. The van der Waals surface area contributed by atoms with Crippen LogP contribution in [-0.2, 0) is 11.2 Å². The minimum Gasteiger partial charge on any atom is -0.408 e. The minimum atomic E-state index is -0.438. The molecule has 0 atom stereocenters. The van der Waals surface area contributed by atoms with Crippen molar-refractivity contribution in [3.05, 3.63) is 34.3 Å². The largest absolute Gasteiger partial charge is 0.417 e. The number of amides is 1. The Labute approximate surface area is 116 Å². The van der Waals surface area contributed by atoms with Crippen LogP contribution in [0.25, 0.3) is 11.1 Å². The molecule has 1 aromatic carbocycles. The van der Waals surface area contributed by atoms with Crippen molar-refractivity contribution in [1.82, 2.24) is 10.3 Å². The molecule has 2 N–H and O–H groups in total. The van der Waals surface area contributed by atoms with Crippen LogP contribution in [0.3, 0.4) is 0 Å². The van der Waals surface area contributed by atoms with Gasteiger partial charge in [0.1, 0.15) is 0 Å². The number of carbonyl (C=O) groups excluding carboxylic acids is 1. The molecule has 1 heterocycles. The molecule has 0 aliphatic heterocycles. The second-order valence-corrected chi connectivity index (χ2v) is 5.37. The molecular formula is C15H18N2O3. The zero-order chi connectivity index (χ0) is 13.9. The van der Waals surface area contributed by atoms with Gasteiger partial charge < -0.3 is 9.73 Å². The molecule has 0 radical (unpaired) electrons. The summed E-state index contributed by atoms with van der Waals surface area (Å²) >= 11 is 0. The zero-order valence-electron chi connectivity index (χ0n) is 11.3. The number of oxazole rings is 1. The van der Waals surface area contributed by atoms with Crippen molar-refractivity contribution in [1.29, 1.82) is 0 Å². The highest BCUT2D eigenvalue weighted by Gasteiger charge is 2.21. The first-order valence-corrected chi connectivity index (χ1v) is 7.12. The number of carbonyl (C=O) groups is 1. The van der Waals surface area contributed by atoms with Gasteiger partial charge in [-0.25, -0.2) is 4.79 Å². The van der Waals surface area contributed by atoms with Crippen molar-refractivity contribution in [2.45, 2.75) is 32.1 Å². The van der Waals surface area contributed by atoms with Crippen LogP contribution in [0.2, 0.25) is 0 Å². The molecule has 0 unspecified atom stereocenters. The smallest absolute Gasteiger partial charge is 0.408 e. The van der Waals surface area contributed by atoms with E-state index >= 15 is 0 Å². The maximum atomic E-state index is 11.9. The third-order valence-electron chi connectivity index (χ3n) is 3.92. The Morgan fingerprint density at radius 3 is 2.95 bits per heavy atom. The Morgan fingerprint density at radius 2 is 2.15 bits per heavy atom. The van der Waals surface area contributed by atoms with Crippen LogP contribution in [0.15, 0.2) is 27.4 Å². The van der Waals surface area contributed by atoms with Gasteiger partial charge in [0.15, 0.2) is 5.58 Å². The number of H-pyrrole nitrogens is 1. The van der Waals surface area contributed by atoms with Gasteiger partial charge in [-0.05, 0) is 37.0 Å². The summed E-state index contributed by atoms with van der Waals surface area (Å²) < 4.78 is 5.02. The van der Waals surface area contributed by atoms with Crippen LogP contribution in [0.5, 0.6) is 0 Å². The van der Waals surface area contributed by atoms with E-state index in [-0.39, 0.29) is 11.8 Å². The number of rotatable bonds is 4. The van der Waals surface area contributed by atoms with Crippen LogP contribution in [0, 0.1) is 5.92 Å². The molecule has 1 aliphatic rings. The lowest BCUT2D eigenvalue weighted by Crippen LogP contribution is -2.30. The predicted octanol–water partition coefficient (Wildman–Crippen LogP) is 1.97. The van der Waals surface area contributed by atoms with Gasteiger partial charge >= 0.3 is 5.76 Å². The van der Waals surface area contributed by atoms with Gasteiger partial charge in [-0.3, -0.25) is 9.78 Å². The van der Waals surface area contributed by atoms with E-state index in [4.69, 9.17) is 4.42 Å². The minimum absolute atomic E-state index is 0.178. The SMILES string of the molecule is O=C(NCCc1ccc2[nH]c(=O)oc2c1)C1CCCC1. The quantitative estimate of drug-likeness (QED) is 0.895. The third-order valence-corrected chi connectivity index (χ3v) is 3.92. The summed E-state index contributed by atoms with van der Waals surface area (Å²) in [5.41, 5.74) is 2.32. The molecule has 1 fully saturated rings. The van der Waals surface area contributed by atoms with E-state index in [2.05, 4.69) is 10.3 Å². The van der Waals surface area contributed by atoms with Crippen LogP contribution >= 0.6 is 0 Å². The van der Waals surface area contributed by atoms with Crippen LogP contribution in [-0.4, -0.2) is 17.4 Å². The lowest BCUT2D eigenvalue weighted by Gasteiger charge is -2.10. The first kappa shape index (κ1) is 13.0. The van der Waals surface area contributed by atoms with Crippen LogP contribution < -0.4 is 11.1 Å². The van der Waals surface area contributed by atoms with Crippen molar-refractivity contribution >= 4 is 17.0 Å². The Morgan fingerprint density at radius 1 is 1.35 bits per heavy atom. The summed E-state index contributed by atoms with van der Waals surface area (Å²) in [4.78, 5) is 25.6. The number of hydrogen-bond donors (Lipinski definition) is 2. The van der Waals surface area contributed by atoms with E-state index < -0.39 is 5.76 Å². The number of benzene rings is 1. The van der Waals surface area contributed by atoms with Crippen LogP contribution in [0.4, 0.5) is 0 Å².